The van der Waals surface area contributed by atoms with Crippen LogP contribution in [0, 0.1) is 0 Å². The number of rotatable bonds is 5. The summed E-state index contributed by atoms with van der Waals surface area (Å²) in [4.78, 5) is 13.4. The predicted molar refractivity (Wildman–Crippen MR) is 63.4 cm³/mol. The maximum atomic E-state index is 12.3. The SMILES string of the molecule is CCN(CC)C(=O)Cn1ccc(C(O)C(F)(F)F)c1. The second kappa shape index (κ2) is 6.10. The van der Waals surface area contributed by atoms with E-state index in [1.54, 1.807) is 4.90 Å². The highest BCUT2D eigenvalue weighted by atomic mass is 19.4. The van der Waals surface area contributed by atoms with Gasteiger partial charge in [-0.1, -0.05) is 0 Å². The van der Waals surface area contributed by atoms with Crippen molar-refractivity contribution < 1.29 is 23.1 Å². The normalized spacial score (nSPS) is 13.4. The zero-order chi connectivity index (χ0) is 14.6. The van der Waals surface area contributed by atoms with E-state index in [4.69, 9.17) is 5.11 Å². The van der Waals surface area contributed by atoms with Crippen LogP contribution in [0.25, 0.3) is 0 Å². The van der Waals surface area contributed by atoms with Crippen molar-refractivity contribution in [1.82, 2.24) is 9.47 Å². The van der Waals surface area contributed by atoms with E-state index in [2.05, 4.69) is 0 Å². The molecule has 0 fully saturated rings. The standard InChI is InChI=1S/C12H17F3N2O2/c1-3-17(4-2)10(18)8-16-6-5-9(7-16)11(19)12(13,14)15/h5-7,11,19H,3-4,8H2,1-2H3. The highest BCUT2D eigenvalue weighted by Crippen LogP contribution is 2.32. The van der Waals surface area contributed by atoms with E-state index >= 15 is 0 Å². The van der Waals surface area contributed by atoms with Crippen LogP contribution >= 0.6 is 0 Å². The lowest BCUT2D eigenvalue weighted by molar-refractivity contribution is -0.206. The molecule has 108 valence electrons. The average molecular weight is 278 g/mol. The van der Waals surface area contributed by atoms with Crippen LogP contribution in [0.2, 0.25) is 0 Å². The number of carbonyl (C=O) groups excluding carboxylic acids is 1. The summed E-state index contributed by atoms with van der Waals surface area (Å²) in [5, 5.41) is 9.07. The lowest BCUT2D eigenvalue weighted by Gasteiger charge is -2.18. The number of alkyl halides is 3. The maximum Gasteiger partial charge on any atom is 0.418 e. The molecule has 0 aliphatic rings. The van der Waals surface area contributed by atoms with Gasteiger partial charge in [-0.2, -0.15) is 13.2 Å². The van der Waals surface area contributed by atoms with Crippen molar-refractivity contribution in [1.29, 1.82) is 0 Å². The van der Waals surface area contributed by atoms with Crippen LogP contribution in [0.5, 0.6) is 0 Å². The van der Waals surface area contributed by atoms with Crippen LogP contribution in [0.1, 0.15) is 25.5 Å². The molecule has 1 unspecified atom stereocenters. The summed E-state index contributed by atoms with van der Waals surface area (Å²) in [7, 11) is 0. The predicted octanol–water partition coefficient (Wildman–Crippen LogP) is 1.95. The lowest BCUT2D eigenvalue weighted by Crippen LogP contribution is -2.33. The van der Waals surface area contributed by atoms with Gasteiger partial charge in [-0.05, 0) is 19.9 Å². The van der Waals surface area contributed by atoms with Crippen LogP contribution in [0.3, 0.4) is 0 Å². The van der Waals surface area contributed by atoms with Gasteiger partial charge in [0.15, 0.2) is 6.10 Å². The number of hydrogen-bond donors (Lipinski definition) is 1. The number of aromatic nitrogens is 1. The molecule has 1 aromatic rings. The van der Waals surface area contributed by atoms with Crippen molar-refractivity contribution in [2.75, 3.05) is 13.1 Å². The molecule has 1 rings (SSSR count). The van der Waals surface area contributed by atoms with E-state index in [1.165, 1.54) is 10.8 Å². The molecule has 19 heavy (non-hydrogen) atoms. The molecule has 0 saturated carbocycles. The summed E-state index contributed by atoms with van der Waals surface area (Å²) in [6, 6.07) is 1.16. The fourth-order valence-electron chi connectivity index (χ4n) is 1.74. The largest absolute Gasteiger partial charge is 0.418 e. The van der Waals surface area contributed by atoms with Crippen molar-refractivity contribution in [3.05, 3.63) is 24.0 Å². The molecule has 1 aromatic heterocycles. The summed E-state index contributed by atoms with van der Waals surface area (Å²) in [5.74, 6) is -0.173. The topological polar surface area (TPSA) is 45.5 Å². The first-order chi connectivity index (χ1) is 8.79. The average Bonchev–Trinajstić information content (AvgIpc) is 2.76. The minimum absolute atomic E-state index is 0.0355. The van der Waals surface area contributed by atoms with Gasteiger partial charge in [0.1, 0.15) is 6.54 Å². The monoisotopic (exact) mass is 278 g/mol. The molecular formula is C12H17F3N2O2. The van der Waals surface area contributed by atoms with Gasteiger partial charge in [0.25, 0.3) is 0 Å². The first-order valence-corrected chi connectivity index (χ1v) is 5.97. The Morgan fingerprint density at radius 1 is 1.42 bits per heavy atom. The Bertz CT molecular complexity index is 425. The van der Waals surface area contributed by atoms with Gasteiger partial charge in [-0.25, -0.2) is 0 Å². The first kappa shape index (κ1) is 15.6. The molecule has 0 spiro atoms. The number of carbonyl (C=O) groups is 1. The third kappa shape index (κ3) is 3.99. The molecule has 0 bridgehead atoms. The third-order valence-electron chi connectivity index (χ3n) is 2.83. The van der Waals surface area contributed by atoms with E-state index in [1.807, 2.05) is 13.8 Å². The van der Waals surface area contributed by atoms with Gasteiger partial charge in [0.2, 0.25) is 5.91 Å². The molecule has 0 aliphatic carbocycles. The van der Waals surface area contributed by atoms with Gasteiger partial charge in [-0.15, -0.1) is 0 Å². The minimum Gasteiger partial charge on any atom is -0.379 e. The van der Waals surface area contributed by atoms with Crippen molar-refractivity contribution in [2.45, 2.75) is 32.7 Å². The molecule has 1 atom stereocenters. The van der Waals surface area contributed by atoms with Gasteiger partial charge in [0.05, 0.1) is 0 Å². The Labute approximate surface area is 109 Å². The second-order valence-corrected chi connectivity index (χ2v) is 4.13. The van der Waals surface area contributed by atoms with E-state index in [0.29, 0.717) is 13.1 Å². The number of halogens is 3. The van der Waals surface area contributed by atoms with Crippen LogP contribution in [0.4, 0.5) is 13.2 Å². The number of aliphatic hydroxyl groups is 1. The highest BCUT2D eigenvalue weighted by molar-refractivity contribution is 5.75. The smallest absolute Gasteiger partial charge is 0.379 e. The van der Waals surface area contributed by atoms with Crippen LogP contribution in [0.15, 0.2) is 18.5 Å². The second-order valence-electron chi connectivity index (χ2n) is 4.13. The molecule has 0 aromatic carbocycles. The highest BCUT2D eigenvalue weighted by Gasteiger charge is 2.39. The third-order valence-corrected chi connectivity index (χ3v) is 2.83. The number of likely N-dealkylation sites (N-methyl/N-ethyl adjacent to an activating group) is 1. The Kier molecular flexibility index (Phi) is 4.99. The van der Waals surface area contributed by atoms with Crippen LogP contribution in [-0.4, -0.2) is 39.7 Å². The summed E-state index contributed by atoms with van der Waals surface area (Å²) in [6.07, 6.45) is -4.72. The molecule has 1 N–H and O–H groups in total. The molecule has 1 heterocycles. The zero-order valence-corrected chi connectivity index (χ0v) is 10.8. The summed E-state index contributed by atoms with van der Waals surface area (Å²) >= 11 is 0. The van der Waals surface area contributed by atoms with Gasteiger partial charge < -0.3 is 14.6 Å². The molecule has 7 heteroatoms. The number of amides is 1. The molecular weight excluding hydrogens is 261 g/mol. The number of hydrogen-bond acceptors (Lipinski definition) is 2. The quantitative estimate of drug-likeness (QED) is 0.894. The van der Waals surface area contributed by atoms with E-state index < -0.39 is 12.3 Å². The van der Waals surface area contributed by atoms with Crippen molar-refractivity contribution in [2.24, 2.45) is 0 Å². The van der Waals surface area contributed by atoms with E-state index in [9.17, 15) is 18.0 Å². The Hall–Kier alpha value is -1.50. The number of nitrogens with zero attached hydrogens (tertiary/aromatic N) is 2. The van der Waals surface area contributed by atoms with Gasteiger partial charge in [-0.3, -0.25) is 4.79 Å². The molecule has 0 radical (unpaired) electrons. The van der Waals surface area contributed by atoms with Crippen LogP contribution in [-0.2, 0) is 11.3 Å². The maximum absolute atomic E-state index is 12.3. The summed E-state index contributed by atoms with van der Waals surface area (Å²) in [6.45, 7) is 4.72. The first-order valence-electron chi connectivity index (χ1n) is 5.97. The molecule has 0 saturated heterocycles. The number of aliphatic hydroxyl groups excluding tert-OH is 1. The fourth-order valence-corrected chi connectivity index (χ4v) is 1.74. The van der Waals surface area contributed by atoms with Gasteiger partial charge >= 0.3 is 6.18 Å². The van der Waals surface area contributed by atoms with E-state index in [-0.39, 0.29) is 18.0 Å². The molecule has 0 aliphatic heterocycles. The van der Waals surface area contributed by atoms with E-state index in [0.717, 1.165) is 12.3 Å². The van der Waals surface area contributed by atoms with Gasteiger partial charge in [0, 0.05) is 31.0 Å². The van der Waals surface area contributed by atoms with Crippen LogP contribution < -0.4 is 0 Å². The lowest BCUT2D eigenvalue weighted by atomic mass is 10.2. The van der Waals surface area contributed by atoms with Crippen molar-refractivity contribution in [3.63, 3.8) is 0 Å². The fraction of sp³-hybridized carbons (Fsp3) is 0.583. The zero-order valence-electron chi connectivity index (χ0n) is 10.8. The van der Waals surface area contributed by atoms with Crippen molar-refractivity contribution in [3.8, 4) is 0 Å². The minimum atomic E-state index is -4.70. The Balaban J connectivity index is 2.73. The summed E-state index contributed by atoms with van der Waals surface area (Å²) in [5.41, 5.74) is -0.264. The molecule has 1 amide bonds. The Morgan fingerprint density at radius 3 is 2.47 bits per heavy atom. The Morgan fingerprint density at radius 2 is 2.00 bits per heavy atom. The summed E-state index contributed by atoms with van der Waals surface area (Å²) < 4.78 is 38.3. The molecule has 4 nitrogen and oxygen atoms in total. The van der Waals surface area contributed by atoms with Crippen molar-refractivity contribution >= 4 is 5.91 Å².